The molecule has 0 aromatic heterocycles. The van der Waals surface area contributed by atoms with Gasteiger partial charge in [0.2, 0.25) is 0 Å². The summed E-state index contributed by atoms with van der Waals surface area (Å²) in [6.45, 7) is 10.9. The molecule has 0 radical (unpaired) electrons. The number of benzene rings is 1. The quantitative estimate of drug-likeness (QED) is 0.849. The van der Waals surface area contributed by atoms with E-state index in [1.807, 2.05) is 32.0 Å². The lowest BCUT2D eigenvalue weighted by Gasteiger charge is -2.34. The van der Waals surface area contributed by atoms with Gasteiger partial charge in [0.25, 0.3) is 5.91 Å². The van der Waals surface area contributed by atoms with Crippen molar-refractivity contribution in [1.82, 2.24) is 5.43 Å². The first kappa shape index (κ1) is 17.0. The molecule has 1 aromatic carbocycles. The molecule has 4 heteroatoms. The number of nitrogens with one attached hydrogen (secondary N) is 1. The number of aryl methyl sites for hydroxylation is 2. The number of nitrogens with zero attached hydrogens (tertiary/aromatic N) is 1. The summed E-state index contributed by atoms with van der Waals surface area (Å²) in [7, 11) is 0. The molecular weight excluding hydrogens is 300 g/mol. The van der Waals surface area contributed by atoms with Crippen LogP contribution in [0.1, 0.15) is 51.2 Å². The Balaban J connectivity index is 1.60. The van der Waals surface area contributed by atoms with E-state index in [0.29, 0.717) is 5.92 Å². The van der Waals surface area contributed by atoms with Crippen molar-refractivity contribution >= 4 is 11.6 Å². The van der Waals surface area contributed by atoms with E-state index >= 15 is 0 Å². The molecule has 2 saturated carbocycles. The van der Waals surface area contributed by atoms with Crippen molar-refractivity contribution < 1.29 is 9.53 Å². The molecule has 2 aliphatic rings. The molecule has 130 valence electrons. The molecule has 1 N–H and O–H groups in total. The average Bonchev–Trinajstić information content (AvgIpc) is 2.86. The van der Waals surface area contributed by atoms with Gasteiger partial charge in [0.05, 0.1) is 0 Å². The largest absolute Gasteiger partial charge is 0.483 e. The van der Waals surface area contributed by atoms with E-state index in [1.54, 1.807) is 0 Å². The molecule has 1 aromatic rings. The number of hydrazone groups is 1. The van der Waals surface area contributed by atoms with E-state index < -0.39 is 0 Å². The van der Waals surface area contributed by atoms with Gasteiger partial charge < -0.3 is 4.74 Å². The summed E-state index contributed by atoms with van der Waals surface area (Å²) in [5, 5.41) is 4.46. The van der Waals surface area contributed by atoms with E-state index in [4.69, 9.17) is 4.74 Å². The van der Waals surface area contributed by atoms with Gasteiger partial charge in [-0.05, 0) is 61.6 Å². The summed E-state index contributed by atoms with van der Waals surface area (Å²) >= 11 is 0. The SMILES string of the molecule is Cc1ccc(C)c(OCC(=O)NN=C2CC3CCC2(C)C3(C)C)c1. The van der Waals surface area contributed by atoms with E-state index in [1.165, 1.54) is 12.8 Å². The summed E-state index contributed by atoms with van der Waals surface area (Å²) in [5.74, 6) is 1.24. The van der Waals surface area contributed by atoms with Gasteiger partial charge in [-0.25, -0.2) is 5.43 Å². The fourth-order valence-electron chi connectivity index (χ4n) is 4.27. The molecule has 0 aliphatic heterocycles. The maximum Gasteiger partial charge on any atom is 0.277 e. The summed E-state index contributed by atoms with van der Waals surface area (Å²) in [5.41, 5.74) is 6.37. The molecule has 24 heavy (non-hydrogen) atoms. The maximum absolute atomic E-state index is 12.1. The van der Waals surface area contributed by atoms with Gasteiger partial charge in [0.1, 0.15) is 5.75 Å². The van der Waals surface area contributed by atoms with Crippen molar-refractivity contribution in [3.05, 3.63) is 29.3 Å². The van der Waals surface area contributed by atoms with Crippen LogP contribution < -0.4 is 10.2 Å². The number of rotatable bonds is 4. The first-order valence-electron chi connectivity index (χ1n) is 8.80. The zero-order valence-corrected chi connectivity index (χ0v) is 15.4. The number of hydrogen-bond donors (Lipinski definition) is 1. The van der Waals surface area contributed by atoms with Crippen molar-refractivity contribution in [2.75, 3.05) is 6.61 Å². The molecule has 2 bridgehead atoms. The molecular formula is C20H28N2O2. The Kier molecular flexibility index (Phi) is 4.18. The Morgan fingerprint density at radius 2 is 2.08 bits per heavy atom. The number of carbonyl (C=O) groups is 1. The molecule has 2 fully saturated rings. The van der Waals surface area contributed by atoms with E-state index in [-0.39, 0.29) is 23.3 Å². The molecule has 1 amide bonds. The molecule has 0 spiro atoms. The summed E-state index contributed by atoms with van der Waals surface area (Å²) in [6.07, 6.45) is 3.44. The number of fused-ring (bicyclic) bond motifs is 2. The first-order valence-corrected chi connectivity index (χ1v) is 8.80. The monoisotopic (exact) mass is 328 g/mol. The number of carbonyl (C=O) groups excluding carboxylic acids is 1. The van der Waals surface area contributed by atoms with Crippen LogP contribution in [0, 0.1) is 30.6 Å². The Morgan fingerprint density at radius 1 is 1.33 bits per heavy atom. The third-order valence-corrected chi connectivity index (χ3v) is 6.53. The highest BCUT2D eigenvalue weighted by Gasteiger charge is 2.59. The zero-order chi connectivity index (χ0) is 17.5. The van der Waals surface area contributed by atoms with Gasteiger partial charge in [-0.3, -0.25) is 4.79 Å². The van der Waals surface area contributed by atoms with Crippen LogP contribution in [0.25, 0.3) is 0 Å². The fraction of sp³-hybridized carbons (Fsp3) is 0.600. The predicted molar refractivity (Wildman–Crippen MR) is 96.2 cm³/mol. The van der Waals surface area contributed by atoms with Crippen LogP contribution >= 0.6 is 0 Å². The van der Waals surface area contributed by atoms with Crippen LogP contribution in [-0.2, 0) is 4.79 Å². The standard InChI is InChI=1S/C20H28N2O2/c1-13-6-7-14(2)16(10-13)24-12-18(23)22-21-17-11-15-8-9-20(17,5)19(15,3)4/h6-7,10,15H,8-9,11-12H2,1-5H3,(H,22,23). The Labute approximate surface area is 144 Å². The summed E-state index contributed by atoms with van der Waals surface area (Å²) in [6, 6.07) is 5.99. The van der Waals surface area contributed by atoms with Crippen LogP contribution in [0.5, 0.6) is 5.75 Å². The Bertz CT molecular complexity index is 693. The maximum atomic E-state index is 12.1. The third-order valence-electron chi connectivity index (χ3n) is 6.53. The molecule has 0 heterocycles. The van der Waals surface area contributed by atoms with Crippen molar-refractivity contribution in [2.24, 2.45) is 21.8 Å². The van der Waals surface area contributed by atoms with Crippen molar-refractivity contribution in [3.8, 4) is 5.75 Å². The fourth-order valence-corrected chi connectivity index (χ4v) is 4.27. The van der Waals surface area contributed by atoms with Crippen molar-refractivity contribution in [1.29, 1.82) is 0 Å². The smallest absolute Gasteiger partial charge is 0.277 e. The van der Waals surface area contributed by atoms with Gasteiger partial charge in [-0.1, -0.05) is 32.9 Å². The van der Waals surface area contributed by atoms with Crippen molar-refractivity contribution in [2.45, 2.75) is 53.9 Å². The molecule has 0 saturated heterocycles. The zero-order valence-electron chi connectivity index (χ0n) is 15.4. The molecule has 2 atom stereocenters. The van der Waals surface area contributed by atoms with Crippen molar-refractivity contribution in [3.63, 3.8) is 0 Å². The predicted octanol–water partition coefficient (Wildman–Crippen LogP) is 4.00. The topological polar surface area (TPSA) is 50.7 Å². The third kappa shape index (κ3) is 2.72. The molecule has 2 unspecified atom stereocenters. The summed E-state index contributed by atoms with van der Waals surface area (Å²) in [4.78, 5) is 12.1. The van der Waals surface area contributed by atoms with Gasteiger partial charge in [0, 0.05) is 11.1 Å². The van der Waals surface area contributed by atoms with Crippen LogP contribution in [0.2, 0.25) is 0 Å². The highest BCUT2D eigenvalue weighted by atomic mass is 16.5. The highest BCUT2D eigenvalue weighted by Crippen LogP contribution is 2.63. The van der Waals surface area contributed by atoms with Crippen LogP contribution in [0.3, 0.4) is 0 Å². The number of ether oxygens (including phenoxy) is 1. The average molecular weight is 328 g/mol. The molecule has 3 rings (SSSR count). The van der Waals surface area contributed by atoms with Gasteiger partial charge in [-0.2, -0.15) is 5.10 Å². The van der Waals surface area contributed by atoms with Crippen LogP contribution in [-0.4, -0.2) is 18.2 Å². The second-order valence-electron chi connectivity index (χ2n) is 8.14. The normalized spacial score (nSPS) is 29.0. The lowest BCUT2D eigenvalue weighted by molar-refractivity contribution is -0.123. The minimum absolute atomic E-state index is 0.00932. The lowest BCUT2D eigenvalue weighted by Crippen LogP contribution is -2.35. The van der Waals surface area contributed by atoms with E-state index in [9.17, 15) is 4.79 Å². The van der Waals surface area contributed by atoms with Gasteiger partial charge in [-0.15, -0.1) is 0 Å². The minimum atomic E-state index is -0.201. The van der Waals surface area contributed by atoms with Crippen LogP contribution in [0.15, 0.2) is 23.3 Å². The second kappa shape index (κ2) is 5.91. The van der Waals surface area contributed by atoms with Gasteiger partial charge in [0.15, 0.2) is 6.61 Å². The summed E-state index contributed by atoms with van der Waals surface area (Å²) < 4.78 is 5.64. The Hall–Kier alpha value is -1.84. The van der Waals surface area contributed by atoms with Crippen LogP contribution in [0.4, 0.5) is 0 Å². The minimum Gasteiger partial charge on any atom is -0.483 e. The van der Waals surface area contributed by atoms with E-state index in [0.717, 1.165) is 29.0 Å². The first-order chi connectivity index (χ1) is 11.2. The highest BCUT2D eigenvalue weighted by molar-refractivity contribution is 5.95. The van der Waals surface area contributed by atoms with Gasteiger partial charge >= 0.3 is 0 Å². The number of amides is 1. The number of hydrogen-bond acceptors (Lipinski definition) is 3. The van der Waals surface area contributed by atoms with E-state index in [2.05, 4.69) is 31.3 Å². The molecule has 2 aliphatic carbocycles. The second-order valence-corrected chi connectivity index (χ2v) is 8.14. The lowest BCUT2D eigenvalue weighted by atomic mass is 9.70. The molecule has 4 nitrogen and oxygen atoms in total. The Morgan fingerprint density at radius 3 is 2.71 bits per heavy atom.